The third kappa shape index (κ3) is 7.08. The summed E-state index contributed by atoms with van der Waals surface area (Å²) in [7, 11) is 1.73. The average molecular weight is 351 g/mol. The van der Waals surface area contributed by atoms with Crippen LogP contribution in [0.4, 0.5) is 0 Å². The van der Waals surface area contributed by atoms with Gasteiger partial charge in [-0.3, -0.25) is 0 Å². The van der Waals surface area contributed by atoms with E-state index in [9.17, 15) is 0 Å². The van der Waals surface area contributed by atoms with E-state index in [0.717, 1.165) is 31.3 Å². The number of rotatable bonds is 10. The lowest BCUT2D eigenvalue weighted by molar-refractivity contribution is 0.0807. The van der Waals surface area contributed by atoms with Crippen molar-refractivity contribution < 1.29 is 14.1 Å². The van der Waals surface area contributed by atoms with Gasteiger partial charge in [0.2, 0.25) is 0 Å². The van der Waals surface area contributed by atoms with E-state index in [1.807, 2.05) is 39.8 Å². The van der Waals surface area contributed by atoms with Crippen LogP contribution in [0.3, 0.4) is 0 Å². The number of hydrogen-bond donors (Lipinski definition) is 1. The van der Waals surface area contributed by atoms with Gasteiger partial charge in [-0.2, -0.15) is 12.6 Å². The molecule has 5 heteroatoms. The number of thiol groups is 1. The van der Waals surface area contributed by atoms with Gasteiger partial charge in [-0.05, 0) is 39.6 Å². The Bertz CT molecular complexity index is 458. The molecule has 135 valence electrons. The van der Waals surface area contributed by atoms with E-state index in [-0.39, 0.29) is 10.9 Å². The van der Waals surface area contributed by atoms with Crippen LogP contribution in [0.2, 0.25) is 0 Å². The molecule has 3 nitrogen and oxygen atoms in total. The zero-order valence-corrected chi connectivity index (χ0v) is 16.7. The van der Waals surface area contributed by atoms with Gasteiger partial charge in [0.05, 0.1) is 18.8 Å². The molecule has 1 fully saturated rings. The van der Waals surface area contributed by atoms with Crippen LogP contribution in [0.25, 0.3) is 0 Å². The monoisotopic (exact) mass is 351 g/mol. The second kappa shape index (κ2) is 9.74. The summed E-state index contributed by atoms with van der Waals surface area (Å²) in [5.41, 5.74) is 0.402. The molecule has 0 aliphatic carbocycles. The molecular formula is C19H32BO3S. The van der Waals surface area contributed by atoms with E-state index in [1.54, 1.807) is 7.48 Å². The van der Waals surface area contributed by atoms with Gasteiger partial charge >= 0.3 is 7.48 Å². The quantitative estimate of drug-likeness (QED) is 0.268. The zero-order chi connectivity index (χ0) is 18.2. The molecule has 1 rings (SSSR count). The molecule has 0 N–H and O–H groups in total. The molecule has 1 saturated heterocycles. The first-order valence-electron chi connectivity index (χ1n) is 8.71. The van der Waals surface area contributed by atoms with E-state index in [1.165, 1.54) is 0 Å². The molecular weight excluding hydrogens is 319 g/mol. The Balaban J connectivity index is 2.75. The highest BCUT2D eigenvalue weighted by molar-refractivity contribution is 7.81. The first kappa shape index (κ1) is 21.4. The summed E-state index contributed by atoms with van der Waals surface area (Å²) in [5, 5.41) is 0. The van der Waals surface area contributed by atoms with Gasteiger partial charge in [0.15, 0.2) is 0 Å². The summed E-state index contributed by atoms with van der Waals surface area (Å²) in [4.78, 5) is 0. The lowest BCUT2D eigenvalue weighted by Crippen LogP contribution is -2.44. The molecule has 0 amide bonds. The number of hydrogen-bond acceptors (Lipinski definition) is 4. The number of allylic oxidation sites excluding steroid dienone is 4. The molecule has 1 radical (unpaired) electrons. The Hall–Kier alpha value is -0.645. The van der Waals surface area contributed by atoms with E-state index in [0.29, 0.717) is 12.4 Å². The van der Waals surface area contributed by atoms with Crippen molar-refractivity contribution in [1.29, 1.82) is 0 Å². The van der Waals surface area contributed by atoms with Crippen molar-refractivity contribution in [3.8, 4) is 0 Å². The summed E-state index contributed by atoms with van der Waals surface area (Å²) >= 11 is 4.63. The van der Waals surface area contributed by atoms with Crippen LogP contribution in [-0.4, -0.2) is 37.1 Å². The maximum atomic E-state index is 6.02. The van der Waals surface area contributed by atoms with Crippen LogP contribution < -0.4 is 0 Å². The Morgan fingerprint density at radius 3 is 2.62 bits per heavy atom. The third-order valence-corrected chi connectivity index (χ3v) is 4.88. The maximum Gasteiger partial charge on any atom is 0.334 e. The molecule has 24 heavy (non-hydrogen) atoms. The molecule has 1 unspecified atom stereocenters. The van der Waals surface area contributed by atoms with E-state index >= 15 is 0 Å². The summed E-state index contributed by atoms with van der Waals surface area (Å²) in [6.07, 6.45) is 9.28. The first-order chi connectivity index (χ1) is 11.2. The first-order valence-corrected chi connectivity index (χ1v) is 9.16. The van der Waals surface area contributed by atoms with E-state index in [2.05, 4.69) is 32.2 Å². The fourth-order valence-corrected chi connectivity index (χ4v) is 1.92. The van der Waals surface area contributed by atoms with Crippen LogP contribution in [0.5, 0.6) is 0 Å². The molecule has 1 heterocycles. The Morgan fingerprint density at radius 2 is 2.08 bits per heavy atom. The molecule has 0 aromatic rings. The van der Waals surface area contributed by atoms with Crippen molar-refractivity contribution in [3.63, 3.8) is 0 Å². The fraction of sp³-hybridized carbons (Fsp3) is 0.684. The van der Waals surface area contributed by atoms with Crippen LogP contribution in [0.1, 0.15) is 53.9 Å². The predicted molar refractivity (Wildman–Crippen MR) is 106 cm³/mol. The molecule has 1 aliphatic heterocycles. The lowest BCUT2D eigenvalue weighted by Gasteiger charge is -2.38. The Labute approximate surface area is 154 Å². The molecule has 1 atom stereocenters. The average Bonchev–Trinajstić information content (AvgIpc) is 2.98. The number of ether oxygens (including phenoxy) is 2. The minimum Gasteiger partial charge on any atom is -0.489 e. The van der Waals surface area contributed by atoms with Crippen molar-refractivity contribution >= 4 is 20.1 Å². The minimum atomic E-state index is -0.431. The lowest BCUT2D eigenvalue weighted by atomic mass is 9.82. The maximum absolute atomic E-state index is 6.02. The highest BCUT2D eigenvalue weighted by Crippen LogP contribution is 2.31. The Morgan fingerprint density at radius 1 is 1.38 bits per heavy atom. The van der Waals surface area contributed by atoms with Gasteiger partial charge in [-0.1, -0.05) is 38.2 Å². The van der Waals surface area contributed by atoms with Gasteiger partial charge in [0, 0.05) is 11.2 Å². The van der Waals surface area contributed by atoms with Crippen LogP contribution in [0.15, 0.2) is 36.0 Å². The van der Waals surface area contributed by atoms with Crippen molar-refractivity contribution in [1.82, 2.24) is 0 Å². The van der Waals surface area contributed by atoms with Crippen LogP contribution >= 0.6 is 12.6 Å². The van der Waals surface area contributed by atoms with Crippen LogP contribution in [0, 0.1) is 0 Å². The van der Waals surface area contributed by atoms with E-state index in [4.69, 9.17) is 14.1 Å². The van der Waals surface area contributed by atoms with Crippen molar-refractivity contribution in [2.24, 2.45) is 0 Å². The fourth-order valence-electron chi connectivity index (χ4n) is 1.86. The van der Waals surface area contributed by atoms with Crippen molar-refractivity contribution in [2.45, 2.75) is 70.3 Å². The summed E-state index contributed by atoms with van der Waals surface area (Å²) in [6.45, 7) is 15.7. The van der Waals surface area contributed by atoms with Gasteiger partial charge in [0.1, 0.15) is 11.9 Å². The minimum absolute atomic E-state index is 0.0725. The second-order valence-corrected chi connectivity index (χ2v) is 8.29. The summed E-state index contributed by atoms with van der Waals surface area (Å²) in [5.74, 6) is 0.611. The van der Waals surface area contributed by atoms with Crippen LogP contribution in [-0.2, 0) is 14.1 Å². The van der Waals surface area contributed by atoms with E-state index < -0.39 is 5.60 Å². The van der Waals surface area contributed by atoms with Crippen molar-refractivity contribution in [2.75, 3.05) is 13.2 Å². The smallest absolute Gasteiger partial charge is 0.334 e. The topological polar surface area (TPSA) is 27.7 Å². The molecule has 0 spiro atoms. The van der Waals surface area contributed by atoms with Gasteiger partial charge < -0.3 is 14.1 Å². The highest BCUT2D eigenvalue weighted by Gasteiger charge is 2.35. The molecule has 1 aliphatic rings. The SMILES string of the molecule is C=C(OC1CCOC1)/C([B]OC(C)(C)C(C)(C)S)=C\C=C/CCC. The standard InChI is InChI=1S/C19H32BO3S/c1-7-8-9-10-11-17(15(2)22-16-12-13-21-14-16)20-23-18(3,4)19(5,6)24/h9-11,16,24H,2,7-8,12-14H2,1,3-6H3/b10-9-,17-11+. The number of unbranched alkanes of at least 4 members (excludes halogenated alkanes) is 1. The summed E-state index contributed by atoms with van der Waals surface area (Å²) in [6, 6.07) is 0. The second-order valence-electron chi connectivity index (χ2n) is 7.17. The zero-order valence-electron chi connectivity index (χ0n) is 15.8. The third-order valence-electron chi connectivity index (χ3n) is 4.34. The largest absolute Gasteiger partial charge is 0.489 e. The van der Waals surface area contributed by atoms with Gasteiger partial charge in [-0.25, -0.2) is 0 Å². The summed E-state index contributed by atoms with van der Waals surface area (Å²) < 4.78 is 17.0. The van der Waals surface area contributed by atoms with Gasteiger partial charge in [-0.15, -0.1) is 0 Å². The molecule has 0 bridgehead atoms. The molecule has 0 saturated carbocycles. The molecule has 0 aromatic heterocycles. The van der Waals surface area contributed by atoms with Crippen molar-refractivity contribution in [3.05, 3.63) is 36.0 Å². The molecule has 0 aromatic carbocycles. The normalized spacial score (nSPS) is 19.8. The van der Waals surface area contributed by atoms with Gasteiger partial charge in [0.25, 0.3) is 0 Å². The Kier molecular flexibility index (Phi) is 8.68. The predicted octanol–water partition coefficient (Wildman–Crippen LogP) is 4.67. The highest BCUT2D eigenvalue weighted by atomic mass is 32.1.